The number of aliphatic carboxylic acids is 1. The summed E-state index contributed by atoms with van der Waals surface area (Å²) in [5.74, 6) is -1.89. The van der Waals surface area contributed by atoms with Crippen LogP contribution >= 0.6 is 0 Å². The molecule has 2 aliphatic heterocycles. The molecule has 10 atom stereocenters. The van der Waals surface area contributed by atoms with Gasteiger partial charge in [0.25, 0.3) is 0 Å². The number of hydrogen-bond acceptors (Lipinski definition) is 9. The largest absolute Gasteiger partial charge is 0.481 e. The fourth-order valence-corrected chi connectivity index (χ4v) is 5.39. The minimum atomic E-state index is -1.31. The summed E-state index contributed by atoms with van der Waals surface area (Å²) in [5.41, 5.74) is 0. The predicted molar refractivity (Wildman–Crippen MR) is 141 cm³/mol. The molecule has 0 aromatic carbocycles. The highest BCUT2D eigenvalue weighted by Crippen LogP contribution is 2.35. The molecule has 2 heterocycles. The molecule has 3 N–H and O–H groups in total. The van der Waals surface area contributed by atoms with E-state index in [1.165, 1.54) is 7.11 Å². The third-order valence-electron chi connectivity index (χ3n) is 7.36. The van der Waals surface area contributed by atoms with Crippen molar-refractivity contribution in [2.24, 2.45) is 11.8 Å². The highest BCUT2D eigenvalue weighted by molar-refractivity contribution is 5.72. The Bertz CT molecular complexity index is 799. The number of rotatable bonds is 15. The summed E-state index contributed by atoms with van der Waals surface area (Å²) in [6.07, 6.45) is 5.89. The van der Waals surface area contributed by atoms with Crippen LogP contribution in [0.4, 0.5) is 0 Å². The molecular weight excluding hydrogens is 494 g/mol. The molecule has 0 spiro atoms. The highest BCUT2D eigenvalue weighted by atomic mass is 16.7. The Morgan fingerprint density at radius 3 is 2.50 bits per heavy atom. The van der Waals surface area contributed by atoms with E-state index in [-0.39, 0.29) is 36.8 Å². The lowest BCUT2D eigenvalue weighted by molar-refractivity contribution is -0.224. The maximum Gasteiger partial charge on any atom is 0.306 e. The second-order valence-corrected chi connectivity index (χ2v) is 10.9. The van der Waals surface area contributed by atoms with E-state index < -0.39 is 42.8 Å². The second kappa shape index (κ2) is 15.7. The first kappa shape index (κ1) is 32.4. The molecule has 218 valence electrons. The van der Waals surface area contributed by atoms with Crippen LogP contribution in [0.5, 0.6) is 0 Å². The number of carboxylic acid groups (broad SMARTS) is 1. The van der Waals surface area contributed by atoms with Crippen LogP contribution in [0.15, 0.2) is 24.3 Å². The van der Waals surface area contributed by atoms with E-state index in [9.17, 15) is 19.8 Å². The van der Waals surface area contributed by atoms with E-state index >= 15 is 0 Å². The molecule has 2 rings (SSSR count). The molecule has 2 aliphatic rings. The number of aliphatic hydroxyl groups excluding tert-OH is 2. The van der Waals surface area contributed by atoms with Gasteiger partial charge in [-0.3, -0.25) is 9.59 Å². The van der Waals surface area contributed by atoms with E-state index in [1.54, 1.807) is 6.92 Å². The number of carbonyl (C=O) groups is 2. The summed E-state index contributed by atoms with van der Waals surface area (Å²) >= 11 is 0. The third-order valence-corrected chi connectivity index (χ3v) is 7.36. The maximum absolute atomic E-state index is 12.2. The molecule has 0 amide bonds. The number of carboxylic acids is 1. The number of cyclic esters (lactones) is 1. The Balaban J connectivity index is 2.15. The minimum absolute atomic E-state index is 0.0121. The summed E-state index contributed by atoms with van der Waals surface area (Å²) in [7, 11) is 5.46. The molecular formula is C28H47NO9. The smallest absolute Gasteiger partial charge is 0.306 e. The minimum Gasteiger partial charge on any atom is -0.481 e. The summed E-state index contributed by atoms with van der Waals surface area (Å²) in [6, 6.07) is 0.315. The summed E-state index contributed by atoms with van der Waals surface area (Å²) < 4.78 is 23.5. The number of likely N-dealkylation sites (N-methyl/N-ethyl adjacent to an activating group) is 1. The molecule has 2 unspecified atom stereocenters. The normalized spacial score (nSPS) is 30.4. The lowest BCUT2D eigenvalue weighted by atomic mass is 9.84. The fourth-order valence-electron chi connectivity index (χ4n) is 5.39. The van der Waals surface area contributed by atoms with Crippen molar-refractivity contribution in [2.45, 2.75) is 108 Å². The Morgan fingerprint density at radius 2 is 1.92 bits per heavy atom. The Labute approximate surface area is 226 Å². The number of aliphatic hydroxyl groups is 2. The standard InChI is InChI=1S/C28H47NO9/c1-17(14-20-15-25(34)38-27(20)28(35-6)22(31)16-24(32)33)23(11-9-7-8-10-18(2)30)37-26-13-12-21(29(4)5)19(3)36-26/h7-9,11,17-23,26-28,30-31H,10,12-16H2,1-6H3,(H,32,33)/b8-7+,11-9+/t17-,18?,19-,20-,21+,22-,23+,26+,27?,28+/m1/s1. The van der Waals surface area contributed by atoms with Crippen molar-refractivity contribution >= 4 is 11.9 Å². The number of esters is 1. The van der Waals surface area contributed by atoms with Crippen LogP contribution in [0.2, 0.25) is 0 Å². The van der Waals surface area contributed by atoms with Gasteiger partial charge in [-0.15, -0.1) is 0 Å². The summed E-state index contributed by atoms with van der Waals surface area (Å²) in [4.78, 5) is 25.5. The van der Waals surface area contributed by atoms with Crippen LogP contribution in [-0.4, -0.2) is 102 Å². The van der Waals surface area contributed by atoms with Crippen LogP contribution < -0.4 is 0 Å². The van der Waals surface area contributed by atoms with Gasteiger partial charge in [0.1, 0.15) is 12.2 Å². The van der Waals surface area contributed by atoms with Crippen molar-refractivity contribution in [1.29, 1.82) is 0 Å². The molecule has 0 aliphatic carbocycles. The SMILES string of the molecule is CO[C@H](C1OC(=O)C[C@H]1C[C@@H](C)[C@H](/C=C/C=C/CC(C)O)O[C@H]1CC[C@H](N(C)C)[C@@H](C)O1)[C@H](O)CC(=O)O. The number of hydrogen-bond donors (Lipinski definition) is 3. The zero-order chi connectivity index (χ0) is 28.4. The first-order chi connectivity index (χ1) is 17.9. The van der Waals surface area contributed by atoms with Crippen molar-refractivity contribution in [1.82, 2.24) is 4.90 Å². The van der Waals surface area contributed by atoms with Crippen LogP contribution in [0.1, 0.15) is 59.3 Å². The molecule has 0 aromatic rings. The number of carbonyl (C=O) groups excluding carboxylic acids is 1. The molecule has 38 heavy (non-hydrogen) atoms. The highest BCUT2D eigenvalue weighted by Gasteiger charge is 2.44. The zero-order valence-corrected chi connectivity index (χ0v) is 23.6. The molecule has 2 fully saturated rings. The Kier molecular flexibility index (Phi) is 13.4. The van der Waals surface area contributed by atoms with Crippen LogP contribution in [-0.2, 0) is 28.5 Å². The quantitative estimate of drug-likeness (QED) is 0.210. The third kappa shape index (κ3) is 10.1. The summed E-state index contributed by atoms with van der Waals surface area (Å²) in [5, 5.41) is 29.0. The Hall–Kier alpha value is -1.82. The average molecular weight is 542 g/mol. The van der Waals surface area contributed by atoms with Gasteiger partial charge in [-0.05, 0) is 59.5 Å². The first-order valence-electron chi connectivity index (χ1n) is 13.5. The molecule has 0 radical (unpaired) electrons. The molecule has 2 saturated heterocycles. The molecule has 10 heteroatoms. The maximum atomic E-state index is 12.2. The van der Waals surface area contributed by atoms with Crippen molar-refractivity contribution in [3.05, 3.63) is 24.3 Å². The van der Waals surface area contributed by atoms with Gasteiger partial charge in [0.15, 0.2) is 6.29 Å². The zero-order valence-electron chi connectivity index (χ0n) is 23.6. The lowest BCUT2D eigenvalue weighted by Gasteiger charge is -2.39. The first-order valence-corrected chi connectivity index (χ1v) is 13.5. The van der Waals surface area contributed by atoms with Crippen LogP contribution in [0.25, 0.3) is 0 Å². The van der Waals surface area contributed by atoms with Gasteiger partial charge in [-0.1, -0.05) is 31.2 Å². The van der Waals surface area contributed by atoms with Gasteiger partial charge >= 0.3 is 11.9 Å². The lowest BCUT2D eigenvalue weighted by Crippen LogP contribution is -2.47. The second-order valence-electron chi connectivity index (χ2n) is 10.9. The number of nitrogens with zero attached hydrogens (tertiary/aromatic N) is 1. The van der Waals surface area contributed by atoms with Gasteiger partial charge in [0.05, 0.1) is 37.3 Å². The molecule has 10 nitrogen and oxygen atoms in total. The van der Waals surface area contributed by atoms with Gasteiger partial charge in [0.2, 0.25) is 0 Å². The average Bonchev–Trinajstić information content (AvgIpc) is 3.16. The van der Waals surface area contributed by atoms with Gasteiger partial charge in [-0.2, -0.15) is 0 Å². The van der Waals surface area contributed by atoms with E-state index in [0.717, 1.165) is 12.8 Å². The number of methoxy groups -OCH3 is 1. The monoisotopic (exact) mass is 541 g/mol. The van der Waals surface area contributed by atoms with E-state index in [0.29, 0.717) is 18.9 Å². The van der Waals surface area contributed by atoms with Crippen molar-refractivity contribution < 1.29 is 43.9 Å². The van der Waals surface area contributed by atoms with Crippen LogP contribution in [0, 0.1) is 11.8 Å². The fraction of sp³-hybridized carbons (Fsp3) is 0.786. The van der Waals surface area contributed by atoms with Crippen molar-refractivity contribution in [3.63, 3.8) is 0 Å². The number of allylic oxidation sites excluding steroid dienone is 2. The van der Waals surface area contributed by atoms with Gasteiger partial charge < -0.3 is 39.2 Å². The van der Waals surface area contributed by atoms with E-state index in [1.807, 2.05) is 52.2 Å². The van der Waals surface area contributed by atoms with Crippen molar-refractivity contribution in [2.75, 3.05) is 21.2 Å². The number of ether oxygens (including phenoxy) is 4. The van der Waals surface area contributed by atoms with Gasteiger partial charge in [0, 0.05) is 19.1 Å². The predicted octanol–water partition coefficient (Wildman–Crippen LogP) is 2.52. The topological polar surface area (TPSA) is 135 Å². The van der Waals surface area contributed by atoms with E-state index in [2.05, 4.69) is 4.90 Å². The Morgan fingerprint density at radius 1 is 1.21 bits per heavy atom. The molecule has 0 saturated carbocycles. The van der Waals surface area contributed by atoms with Crippen molar-refractivity contribution in [3.8, 4) is 0 Å². The van der Waals surface area contributed by atoms with Gasteiger partial charge in [-0.25, -0.2) is 0 Å². The molecule has 0 bridgehead atoms. The van der Waals surface area contributed by atoms with Crippen LogP contribution in [0.3, 0.4) is 0 Å². The van der Waals surface area contributed by atoms with E-state index in [4.69, 9.17) is 24.1 Å². The molecule has 0 aromatic heterocycles. The summed E-state index contributed by atoms with van der Waals surface area (Å²) in [6.45, 7) is 5.80.